The minimum absolute atomic E-state index is 0. The van der Waals surface area contributed by atoms with Gasteiger partial charge in [0, 0.05) is 50.2 Å². The van der Waals surface area contributed by atoms with Gasteiger partial charge in [-0.05, 0) is 48.9 Å². The van der Waals surface area contributed by atoms with Gasteiger partial charge in [-0.25, -0.2) is 15.4 Å². The number of halogens is 1. The second-order valence-corrected chi connectivity index (χ2v) is 8.65. The monoisotopic (exact) mass is 454 g/mol. The Morgan fingerprint density at radius 3 is 2.50 bits per heavy atom. The van der Waals surface area contributed by atoms with Crippen molar-refractivity contribution in [1.82, 2.24) is 25.3 Å². The van der Waals surface area contributed by atoms with Crippen molar-refractivity contribution in [2.45, 2.75) is 25.8 Å². The highest BCUT2D eigenvalue weighted by Crippen LogP contribution is 2.41. The number of likely N-dealkylation sites (tertiary alicyclic amines) is 1. The Bertz CT molecular complexity index is 1080. The summed E-state index contributed by atoms with van der Waals surface area (Å²) < 4.78 is 0. The maximum absolute atomic E-state index is 11.4. The van der Waals surface area contributed by atoms with Crippen LogP contribution in [0.15, 0.2) is 48.9 Å². The Kier molecular flexibility index (Phi) is 6.55. The summed E-state index contributed by atoms with van der Waals surface area (Å²) in [6.45, 7) is 5.03. The Balaban J connectivity index is 0.00000245. The fourth-order valence-electron chi connectivity index (χ4n) is 4.95. The van der Waals surface area contributed by atoms with Gasteiger partial charge in [-0.2, -0.15) is 0 Å². The molecule has 0 bridgehead atoms. The minimum Gasteiger partial charge on any atom is -0.341 e. The summed E-state index contributed by atoms with van der Waals surface area (Å²) in [5.41, 5.74) is 4.61. The molecule has 168 valence electrons. The van der Waals surface area contributed by atoms with Crippen LogP contribution in [0.4, 0.5) is 5.95 Å². The van der Waals surface area contributed by atoms with Crippen LogP contribution >= 0.6 is 12.4 Å². The SMILES string of the molecule is Cl.O=C(NO)c1cnc(N2CCC3(CCN(Cc4ccnc5ccccc45)C3)CC2)nc1. The number of amides is 1. The van der Waals surface area contributed by atoms with E-state index in [0.29, 0.717) is 11.4 Å². The van der Waals surface area contributed by atoms with E-state index in [0.717, 1.165) is 51.1 Å². The molecule has 8 nitrogen and oxygen atoms in total. The van der Waals surface area contributed by atoms with E-state index in [-0.39, 0.29) is 18.0 Å². The van der Waals surface area contributed by atoms with E-state index in [1.54, 1.807) is 5.48 Å². The van der Waals surface area contributed by atoms with Gasteiger partial charge in [0.25, 0.3) is 5.91 Å². The van der Waals surface area contributed by atoms with Gasteiger partial charge in [0.05, 0.1) is 11.1 Å². The van der Waals surface area contributed by atoms with Crippen LogP contribution in [0, 0.1) is 5.41 Å². The molecule has 2 aliphatic rings. The predicted molar refractivity (Wildman–Crippen MR) is 124 cm³/mol. The highest BCUT2D eigenvalue weighted by molar-refractivity contribution is 5.92. The van der Waals surface area contributed by atoms with Crippen molar-refractivity contribution < 1.29 is 10.0 Å². The maximum atomic E-state index is 11.4. The lowest BCUT2D eigenvalue weighted by Crippen LogP contribution is -2.42. The number of nitrogens with one attached hydrogen (secondary N) is 1. The molecule has 1 spiro atoms. The first-order chi connectivity index (χ1) is 15.2. The number of fused-ring (bicyclic) bond motifs is 1. The standard InChI is InChI=1S/C23H26N6O2.ClH/c30-21(27-31)18-13-25-22(26-14-18)29-11-7-23(8-12-29)6-10-28(16-23)15-17-5-9-24-20-4-2-1-3-19(17)20;/h1-5,9,13-14,31H,6-8,10-12,15-16H2,(H,27,30);1H. The number of aromatic nitrogens is 3. The smallest absolute Gasteiger partial charge is 0.277 e. The van der Waals surface area contributed by atoms with Crippen LogP contribution in [-0.2, 0) is 6.54 Å². The van der Waals surface area contributed by atoms with E-state index in [4.69, 9.17) is 5.21 Å². The number of hydrogen-bond donors (Lipinski definition) is 2. The van der Waals surface area contributed by atoms with Crippen molar-refractivity contribution in [1.29, 1.82) is 0 Å². The summed E-state index contributed by atoms with van der Waals surface area (Å²) in [7, 11) is 0. The number of para-hydroxylation sites is 1. The van der Waals surface area contributed by atoms with Crippen molar-refractivity contribution in [3.63, 3.8) is 0 Å². The Morgan fingerprint density at radius 2 is 1.75 bits per heavy atom. The third-order valence-electron chi connectivity index (χ3n) is 6.76. The molecular formula is C23H27ClN6O2. The predicted octanol–water partition coefficient (Wildman–Crippen LogP) is 3.06. The van der Waals surface area contributed by atoms with E-state index in [1.807, 2.05) is 12.3 Å². The molecule has 2 fully saturated rings. The lowest BCUT2D eigenvalue weighted by molar-refractivity contribution is 0.0705. The molecule has 4 heterocycles. The van der Waals surface area contributed by atoms with Crippen LogP contribution in [-0.4, -0.2) is 57.1 Å². The van der Waals surface area contributed by atoms with Gasteiger partial charge in [-0.1, -0.05) is 18.2 Å². The number of carbonyl (C=O) groups excluding carboxylic acids is 1. The van der Waals surface area contributed by atoms with Crippen molar-refractivity contribution in [3.8, 4) is 0 Å². The van der Waals surface area contributed by atoms with Gasteiger partial charge >= 0.3 is 0 Å². The topological polar surface area (TPSA) is 94.5 Å². The summed E-state index contributed by atoms with van der Waals surface area (Å²) in [5, 5.41) is 9.96. The molecule has 0 unspecified atom stereocenters. The molecule has 5 rings (SSSR count). The van der Waals surface area contributed by atoms with E-state index < -0.39 is 5.91 Å². The molecule has 0 atom stereocenters. The lowest BCUT2D eigenvalue weighted by Gasteiger charge is -2.39. The number of carbonyl (C=O) groups is 1. The summed E-state index contributed by atoms with van der Waals surface area (Å²) in [5.74, 6) is 0.0413. The molecule has 0 radical (unpaired) electrons. The first-order valence-electron chi connectivity index (χ1n) is 10.7. The van der Waals surface area contributed by atoms with Crippen LogP contribution in [0.1, 0.15) is 35.2 Å². The van der Waals surface area contributed by atoms with Crippen molar-refractivity contribution in [2.75, 3.05) is 31.1 Å². The molecule has 2 aliphatic heterocycles. The van der Waals surface area contributed by atoms with Crippen molar-refractivity contribution >= 4 is 35.2 Å². The van der Waals surface area contributed by atoms with Gasteiger partial charge in [-0.15, -0.1) is 12.4 Å². The van der Waals surface area contributed by atoms with Crippen LogP contribution < -0.4 is 10.4 Å². The summed E-state index contributed by atoms with van der Waals surface area (Å²) in [4.78, 5) is 29.3. The Morgan fingerprint density at radius 1 is 1.03 bits per heavy atom. The van der Waals surface area contributed by atoms with Gasteiger partial charge in [0.15, 0.2) is 0 Å². The molecule has 2 N–H and O–H groups in total. The number of benzene rings is 1. The highest BCUT2D eigenvalue weighted by Gasteiger charge is 2.40. The van der Waals surface area contributed by atoms with Crippen LogP contribution in [0.25, 0.3) is 10.9 Å². The molecule has 2 saturated heterocycles. The normalized spacial score (nSPS) is 18.0. The van der Waals surface area contributed by atoms with Gasteiger partial charge in [0.1, 0.15) is 0 Å². The lowest BCUT2D eigenvalue weighted by atomic mass is 9.78. The molecule has 2 aromatic heterocycles. The number of pyridine rings is 1. The third kappa shape index (κ3) is 4.39. The molecular weight excluding hydrogens is 428 g/mol. The van der Waals surface area contributed by atoms with Crippen LogP contribution in [0.5, 0.6) is 0 Å². The Hall–Kier alpha value is -2.81. The molecule has 0 saturated carbocycles. The minimum atomic E-state index is -0.600. The fourth-order valence-corrected chi connectivity index (χ4v) is 4.95. The zero-order chi connectivity index (χ0) is 21.3. The number of nitrogens with zero attached hydrogens (tertiary/aromatic N) is 5. The van der Waals surface area contributed by atoms with Gasteiger partial charge in [-0.3, -0.25) is 19.9 Å². The molecule has 0 aliphatic carbocycles. The molecule has 9 heteroatoms. The number of rotatable bonds is 4. The Labute approximate surface area is 193 Å². The second-order valence-electron chi connectivity index (χ2n) is 8.65. The zero-order valence-corrected chi connectivity index (χ0v) is 18.6. The second kappa shape index (κ2) is 9.36. The van der Waals surface area contributed by atoms with E-state index >= 15 is 0 Å². The molecule has 1 amide bonds. The van der Waals surface area contributed by atoms with Crippen LogP contribution in [0.3, 0.4) is 0 Å². The quantitative estimate of drug-likeness (QED) is 0.462. The average Bonchev–Trinajstić information content (AvgIpc) is 3.21. The van der Waals surface area contributed by atoms with E-state index in [2.05, 4.69) is 49.0 Å². The third-order valence-corrected chi connectivity index (χ3v) is 6.76. The number of hydroxylamine groups is 1. The highest BCUT2D eigenvalue weighted by atomic mass is 35.5. The maximum Gasteiger partial charge on any atom is 0.277 e. The van der Waals surface area contributed by atoms with Crippen LogP contribution in [0.2, 0.25) is 0 Å². The molecule has 32 heavy (non-hydrogen) atoms. The average molecular weight is 455 g/mol. The van der Waals surface area contributed by atoms with E-state index in [1.165, 1.54) is 29.8 Å². The summed E-state index contributed by atoms with van der Waals surface area (Å²) >= 11 is 0. The van der Waals surface area contributed by atoms with Crippen molar-refractivity contribution in [2.24, 2.45) is 5.41 Å². The molecule has 3 aromatic rings. The number of anilines is 1. The van der Waals surface area contributed by atoms with Gasteiger partial charge < -0.3 is 4.90 Å². The fraction of sp³-hybridized carbons (Fsp3) is 0.391. The largest absolute Gasteiger partial charge is 0.341 e. The molecule has 1 aromatic carbocycles. The number of hydrogen-bond acceptors (Lipinski definition) is 7. The van der Waals surface area contributed by atoms with E-state index in [9.17, 15) is 4.79 Å². The van der Waals surface area contributed by atoms with Gasteiger partial charge in [0.2, 0.25) is 5.95 Å². The first kappa shape index (κ1) is 22.4. The zero-order valence-electron chi connectivity index (χ0n) is 17.8. The summed E-state index contributed by atoms with van der Waals surface area (Å²) in [6, 6.07) is 10.5. The summed E-state index contributed by atoms with van der Waals surface area (Å²) in [6.07, 6.45) is 8.27. The first-order valence-corrected chi connectivity index (χ1v) is 10.7. The van der Waals surface area contributed by atoms with Crippen molar-refractivity contribution in [3.05, 3.63) is 60.0 Å². The number of piperidine rings is 1.